The van der Waals surface area contributed by atoms with Crippen molar-refractivity contribution in [2.24, 2.45) is 5.92 Å². The van der Waals surface area contributed by atoms with E-state index in [-0.39, 0.29) is 5.92 Å². The number of hydrogen-bond donors (Lipinski definition) is 1. The molecule has 0 aliphatic carbocycles. The third-order valence-electron chi connectivity index (χ3n) is 6.16. The van der Waals surface area contributed by atoms with Gasteiger partial charge in [-0.05, 0) is 27.5 Å². The Labute approximate surface area is 198 Å². The first kappa shape index (κ1) is 22.9. The highest BCUT2D eigenvalue weighted by molar-refractivity contribution is 7.07. The Morgan fingerprint density at radius 1 is 0.667 bits per heavy atom. The predicted molar refractivity (Wildman–Crippen MR) is 140 cm³/mol. The number of aliphatic hydroxyl groups excluding tert-OH is 1. The van der Waals surface area contributed by atoms with Gasteiger partial charge in [0.05, 0.1) is 6.10 Å². The van der Waals surface area contributed by atoms with E-state index in [1.165, 1.54) is 15.6 Å². The average Bonchev–Trinajstić information content (AvgIpc) is 2.91. The van der Waals surface area contributed by atoms with Gasteiger partial charge in [0.25, 0.3) is 8.32 Å². The Balaban J connectivity index is 1.68. The highest BCUT2D eigenvalue weighted by Gasteiger charge is 2.41. The zero-order valence-electron chi connectivity index (χ0n) is 18.8. The van der Waals surface area contributed by atoms with Crippen molar-refractivity contribution in [1.82, 2.24) is 0 Å². The number of aliphatic hydroxyl groups is 1. The molecule has 2 atom stereocenters. The molecule has 0 fully saturated rings. The molecule has 0 aliphatic rings. The Hall–Kier alpha value is -3.24. The second kappa shape index (κ2) is 11.1. The molecule has 0 aromatic heterocycles. The maximum atomic E-state index is 10.9. The molecule has 166 valence electrons. The summed E-state index contributed by atoms with van der Waals surface area (Å²) in [5.41, 5.74) is 0.903. The lowest BCUT2D eigenvalue weighted by molar-refractivity contribution is 0.116. The van der Waals surface area contributed by atoms with Crippen molar-refractivity contribution >= 4 is 23.9 Å². The maximum absolute atomic E-state index is 10.9. The van der Waals surface area contributed by atoms with Crippen molar-refractivity contribution in [2.75, 3.05) is 6.61 Å². The minimum atomic E-state index is -2.73. The van der Waals surface area contributed by atoms with Crippen molar-refractivity contribution in [3.8, 4) is 0 Å². The van der Waals surface area contributed by atoms with Gasteiger partial charge in [-0.1, -0.05) is 127 Å². The molecular weight excluding hydrogens is 420 g/mol. The summed E-state index contributed by atoms with van der Waals surface area (Å²) >= 11 is 0. The van der Waals surface area contributed by atoms with Gasteiger partial charge in [0.2, 0.25) is 0 Å². The average molecular weight is 451 g/mol. The summed E-state index contributed by atoms with van der Waals surface area (Å²) < 4.78 is 6.99. The number of hydrogen-bond acceptors (Lipinski definition) is 2. The molecule has 33 heavy (non-hydrogen) atoms. The fourth-order valence-electron chi connectivity index (χ4n) is 4.42. The Kier molecular flexibility index (Phi) is 7.69. The normalized spacial score (nSPS) is 13.2. The molecule has 1 N–H and O–H groups in total. The quantitative estimate of drug-likeness (QED) is 0.217. The van der Waals surface area contributed by atoms with Crippen LogP contribution < -0.4 is 15.6 Å². The van der Waals surface area contributed by atoms with E-state index >= 15 is 0 Å². The van der Waals surface area contributed by atoms with Gasteiger partial charge >= 0.3 is 0 Å². The molecule has 0 amide bonds. The Morgan fingerprint density at radius 2 is 1.06 bits per heavy atom. The SMILES string of the molecule is C=CC(CCO[Si](c1ccccc1)(c1ccccc1)c1ccccc1)C(O)c1ccccc1. The van der Waals surface area contributed by atoms with Crippen LogP contribution in [0.5, 0.6) is 0 Å². The molecule has 0 spiro atoms. The molecule has 4 aromatic rings. The van der Waals surface area contributed by atoms with Crippen LogP contribution in [0.4, 0.5) is 0 Å². The number of benzene rings is 4. The minimum absolute atomic E-state index is 0.0959. The van der Waals surface area contributed by atoms with Gasteiger partial charge in [-0.15, -0.1) is 6.58 Å². The first-order valence-corrected chi connectivity index (χ1v) is 13.3. The number of rotatable bonds is 10. The van der Waals surface area contributed by atoms with Crippen LogP contribution in [0.25, 0.3) is 0 Å². The predicted octanol–water partition coefficient (Wildman–Crippen LogP) is 4.60. The Morgan fingerprint density at radius 3 is 1.45 bits per heavy atom. The highest BCUT2D eigenvalue weighted by atomic mass is 28.4. The standard InChI is InChI=1S/C30H30O2Si/c1-2-25(30(31)26-15-7-3-8-16-26)23-24-32-33(27-17-9-4-10-18-27,28-19-11-5-12-20-28)29-21-13-6-14-22-29/h2-22,25,30-31H,1,23-24H2. The summed E-state index contributed by atoms with van der Waals surface area (Å²) in [4.78, 5) is 0. The lowest BCUT2D eigenvalue weighted by Crippen LogP contribution is -2.69. The van der Waals surface area contributed by atoms with E-state index in [0.29, 0.717) is 13.0 Å². The fraction of sp³-hybridized carbons (Fsp3) is 0.133. The maximum Gasteiger partial charge on any atom is 0.288 e. The molecule has 0 heterocycles. The lowest BCUT2D eigenvalue weighted by atomic mass is 9.93. The summed E-state index contributed by atoms with van der Waals surface area (Å²) in [5.74, 6) is -0.0959. The van der Waals surface area contributed by atoms with Crippen molar-refractivity contribution in [2.45, 2.75) is 12.5 Å². The van der Waals surface area contributed by atoms with E-state index in [1.807, 2.05) is 54.6 Å². The van der Waals surface area contributed by atoms with E-state index in [2.05, 4.69) is 79.4 Å². The lowest BCUT2D eigenvalue weighted by Gasteiger charge is -2.34. The molecule has 0 saturated carbocycles. The summed E-state index contributed by atoms with van der Waals surface area (Å²) in [6.45, 7) is 4.51. The van der Waals surface area contributed by atoms with Crippen molar-refractivity contribution in [1.29, 1.82) is 0 Å². The summed E-state index contributed by atoms with van der Waals surface area (Å²) in [6.07, 6.45) is 1.92. The molecule has 2 nitrogen and oxygen atoms in total. The van der Waals surface area contributed by atoms with E-state index in [4.69, 9.17) is 4.43 Å². The first-order valence-electron chi connectivity index (χ1n) is 11.4. The molecule has 0 saturated heterocycles. The molecule has 4 aromatic carbocycles. The summed E-state index contributed by atoms with van der Waals surface area (Å²) in [7, 11) is -2.73. The second-order valence-electron chi connectivity index (χ2n) is 8.17. The Bertz CT molecular complexity index is 1020. The monoisotopic (exact) mass is 450 g/mol. The van der Waals surface area contributed by atoms with E-state index in [1.54, 1.807) is 0 Å². The van der Waals surface area contributed by atoms with Crippen LogP contribution in [0.3, 0.4) is 0 Å². The molecule has 3 heteroatoms. The van der Waals surface area contributed by atoms with Gasteiger partial charge in [0, 0.05) is 12.5 Å². The van der Waals surface area contributed by atoms with Crippen molar-refractivity contribution in [3.05, 3.63) is 140 Å². The summed E-state index contributed by atoms with van der Waals surface area (Å²) in [6, 6.07) is 41.5. The molecule has 0 aliphatic heterocycles. The van der Waals surface area contributed by atoms with Crippen molar-refractivity contribution < 1.29 is 9.53 Å². The van der Waals surface area contributed by atoms with E-state index in [0.717, 1.165) is 5.56 Å². The molecule has 2 unspecified atom stereocenters. The largest absolute Gasteiger partial charge is 0.404 e. The van der Waals surface area contributed by atoms with E-state index in [9.17, 15) is 5.11 Å². The van der Waals surface area contributed by atoms with Crippen LogP contribution in [0.1, 0.15) is 18.1 Å². The van der Waals surface area contributed by atoms with Crippen LogP contribution in [0.15, 0.2) is 134 Å². The molecular formula is C30H30O2Si. The highest BCUT2D eigenvalue weighted by Crippen LogP contribution is 2.26. The van der Waals surface area contributed by atoms with Crippen LogP contribution in [-0.2, 0) is 4.43 Å². The minimum Gasteiger partial charge on any atom is -0.404 e. The van der Waals surface area contributed by atoms with Crippen molar-refractivity contribution in [3.63, 3.8) is 0 Å². The zero-order valence-corrected chi connectivity index (χ0v) is 19.8. The summed E-state index contributed by atoms with van der Waals surface area (Å²) in [5, 5.41) is 14.6. The van der Waals surface area contributed by atoms with Crippen LogP contribution in [0, 0.1) is 5.92 Å². The van der Waals surface area contributed by atoms with Crippen LogP contribution in [0.2, 0.25) is 0 Å². The van der Waals surface area contributed by atoms with Gasteiger partial charge < -0.3 is 9.53 Å². The van der Waals surface area contributed by atoms with Gasteiger partial charge in [0.1, 0.15) is 0 Å². The van der Waals surface area contributed by atoms with Crippen LogP contribution >= 0.6 is 0 Å². The topological polar surface area (TPSA) is 29.5 Å². The third-order valence-corrected chi connectivity index (χ3v) is 10.2. The van der Waals surface area contributed by atoms with E-state index < -0.39 is 14.4 Å². The third kappa shape index (κ3) is 5.06. The smallest absolute Gasteiger partial charge is 0.288 e. The van der Waals surface area contributed by atoms with Gasteiger partial charge in [-0.3, -0.25) is 0 Å². The van der Waals surface area contributed by atoms with Gasteiger partial charge in [-0.25, -0.2) is 0 Å². The first-order chi connectivity index (χ1) is 16.3. The fourth-order valence-corrected chi connectivity index (χ4v) is 8.33. The second-order valence-corrected chi connectivity index (χ2v) is 11.6. The zero-order chi connectivity index (χ0) is 22.9. The molecule has 0 radical (unpaired) electrons. The van der Waals surface area contributed by atoms with Crippen LogP contribution in [-0.4, -0.2) is 20.0 Å². The molecule has 4 rings (SSSR count). The van der Waals surface area contributed by atoms with Gasteiger partial charge in [-0.2, -0.15) is 0 Å². The van der Waals surface area contributed by atoms with Gasteiger partial charge in [0.15, 0.2) is 0 Å². The molecule has 0 bridgehead atoms.